The molecular formula is H3CrO2SbTi. The van der Waals surface area contributed by atoms with Crippen molar-refractivity contribution in [3.63, 3.8) is 0 Å². The molecule has 0 rings (SSSR count). The maximum atomic E-state index is 8.50. The fourth-order valence-electron chi connectivity index (χ4n) is 0. The van der Waals surface area contributed by atoms with Crippen LogP contribution in [-0.4, -0.2) is 24.4 Å². The molecule has 0 aliphatic heterocycles. The molecule has 0 aromatic carbocycles. The summed E-state index contributed by atoms with van der Waals surface area (Å²) in [4.78, 5) is 0. The van der Waals surface area contributed by atoms with Crippen LogP contribution in [0.25, 0.3) is 0 Å². The van der Waals surface area contributed by atoms with Crippen LogP contribution >= 0.6 is 0 Å². The minimum absolute atomic E-state index is 0. The maximum absolute atomic E-state index is 8.50. The van der Waals surface area contributed by atoms with Crippen LogP contribution in [0.4, 0.5) is 0 Å². The van der Waals surface area contributed by atoms with Crippen molar-refractivity contribution in [1.82, 2.24) is 0 Å². The average Bonchev–Trinajstić information content (AvgIpc) is 0.918. The van der Waals surface area contributed by atoms with Crippen molar-refractivity contribution in [1.29, 1.82) is 0 Å². The second kappa shape index (κ2) is 17.4. The predicted molar refractivity (Wildman–Crippen MR) is 11.3 cm³/mol. The van der Waals surface area contributed by atoms with Gasteiger partial charge in [-0.25, -0.2) is 0 Å². The molecule has 0 bridgehead atoms. The molecule has 0 aliphatic rings. The summed E-state index contributed by atoms with van der Waals surface area (Å²) < 4.78 is 17.0. The number of rotatable bonds is 0. The van der Waals surface area contributed by atoms with Crippen molar-refractivity contribution < 1.29 is 43.1 Å². The third kappa shape index (κ3) is 27.4. The van der Waals surface area contributed by atoms with E-state index < -0.39 is 19.1 Å². The molecule has 0 saturated carbocycles. The van der Waals surface area contributed by atoms with Crippen LogP contribution in [0.5, 0.6) is 0 Å². The zero-order valence-electron chi connectivity index (χ0n) is 2.43. The molecule has 0 saturated heterocycles. The van der Waals surface area contributed by atoms with Gasteiger partial charge >= 0.3 is 50.2 Å². The van der Waals surface area contributed by atoms with E-state index in [1.807, 2.05) is 0 Å². The zero-order chi connectivity index (χ0) is 2.71. The Morgan fingerprint density at radius 1 is 1.20 bits per heavy atom. The molecule has 0 fully saturated rings. The van der Waals surface area contributed by atoms with Gasteiger partial charge in [0.15, 0.2) is 0 Å². The van der Waals surface area contributed by atoms with E-state index in [9.17, 15) is 0 Å². The summed E-state index contributed by atoms with van der Waals surface area (Å²) in [5, 5.41) is 0. The fraction of sp³-hybridized carbons (Fsp3) is 0. The molecule has 0 unspecified atom stereocenters. The van der Waals surface area contributed by atoms with E-state index in [1.54, 1.807) is 0 Å². The average molecular weight is 257 g/mol. The van der Waals surface area contributed by atoms with E-state index in [4.69, 9.17) is 6.65 Å². The van der Waals surface area contributed by atoms with E-state index in [-0.39, 0.29) is 41.8 Å². The van der Waals surface area contributed by atoms with Crippen molar-refractivity contribution >= 4 is 24.4 Å². The minimum atomic E-state index is -2.00. The quantitative estimate of drug-likeness (QED) is 0.498. The van der Waals surface area contributed by atoms with Crippen molar-refractivity contribution in [3.8, 4) is 0 Å². The third-order valence-electron chi connectivity index (χ3n) is 0. The van der Waals surface area contributed by atoms with Crippen LogP contribution in [0.15, 0.2) is 0 Å². The normalized spacial score (nSPS) is 1.60. The van der Waals surface area contributed by atoms with Crippen LogP contribution in [0.2, 0.25) is 0 Å². The summed E-state index contributed by atoms with van der Waals surface area (Å²) in [6.45, 7) is 0. The topological polar surface area (TPSA) is 34.1 Å². The summed E-state index contributed by atoms with van der Waals surface area (Å²) in [6.07, 6.45) is 0. The Bertz CT molecular complexity index is 30.6. The van der Waals surface area contributed by atoms with Crippen molar-refractivity contribution in [2.45, 2.75) is 0 Å². The first kappa shape index (κ1) is 15.9. The molecule has 0 amide bonds. The van der Waals surface area contributed by atoms with E-state index in [0.29, 0.717) is 0 Å². The van der Waals surface area contributed by atoms with Gasteiger partial charge in [-0.2, -0.15) is 0 Å². The summed E-state index contributed by atoms with van der Waals surface area (Å²) in [6, 6.07) is 0. The standard InChI is InChI=1S/Cr.2O.Sb.Ti.3H. The molecule has 30 valence electrons. The monoisotopic (exact) mass is 256 g/mol. The summed E-state index contributed by atoms with van der Waals surface area (Å²) in [7, 11) is 0. The van der Waals surface area contributed by atoms with Crippen molar-refractivity contribution in [2.75, 3.05) is 0 Å². The second-order valence-electron chi connectivity index (χ2n) is 0.0833. The molecule has 0 radical (unpaired) electrons. The Kier molecular flexibility index (Phi) is 55.3. The van der Waals surface area contributed by atoms with Crippen LogP contribution < -0.4 is 0 Å². The summed E-state index contributed by atoms with van der Waals surface area (Å²) >= 11 is -2.00. The van der Waals surface area contributed by atoms with E-state index in [2.05, 4.69) is 0 Å². The number of hydrogen-bond acceptors (Lipinski definition) is 2. The molecule has 0 spiro atoms. The molecule has 0 heterocycles. The van der Waals surface area contributed by atoms with Gasteiger partial charge in [0.2, 0.25) is 0 Å². The SMILES string of the molecule is [Cr].[O]=[Ti]=[O].[SbH3]. The van der Waals surface area contributed by atoms with Crippen molar-refractivity contribution in [3.05, 3.63) is 0 Å². The molecule has 0 atom stereocenters. The first-order valence-corrected chi connectivity index (χ1v) is 1.68. The van der Waals surface area contributed by atoms with Gasteiger partial charge in [0, 0.05) is 17.4 Å². The molecule has 0 aromatic rings. The van der Waals surface area contributed by atoms with Gasteiger partial charge < -0.3 is 0 Å². The van der Waals surface area contributed by atoms with Crippen LogP contribution in [0.1, 0.15) is 0 Å². The van der Waals surface area contributed by atoms with Crippen LogP contribution in [0, 0.1) is 0 Å². The van der Waals surface area contributed by atoms with Gasteiger partial charge in [0.25, 0.3) is 0 Å². The molecule has 0 aromatic heterocycles. The first-order valence-electron chi connectivity index (χ1n) is 0.408. The van der Waals surface area contributed by atoms with Crippen molar-refractivity contribution in [2.24, 2.45) is 0 Å². The fourth-order valence-corrected chi connectivity index (χ4v) is 0. The Hall–Kier alpha value is 1.66. The Balaban J connectivity index is -0.0000000200. The van der Waals surface area contributed by atoms with Gasteiger partial charge in [-0.3, -0.25) is 0 Å². The second-order valence-corrected chi connectivity index (χ2v) is 0.344. The molecular weight excluding hydrogens is 254 g/mol. The Labute approximate surface area is 66.9 Å². The van der Waals surface area contributed by atoms with E-state index >= 15 is 0 Å². The Morgan fingerprint density at radius 2 is 1.20 bits per heavy atom. The van der Waals surface area contributed by atoms with Gasteiger partial charge in [0.1, 0.15) is 0 Å². The Morgan fingerprint density at radius 3 is 1.20 bits per heavy atom. The molecule has 2 nitrogen and oxygen atoms in total. The molecule has 5 heteroatoms. The summed E-state index contributed by atoms with van der Waals surface area (Å²) in [5.41, 5.74) is 0. The molecule has 0 aliphatic carbocycles. The van der Waals surface area contributed by atoms with Gasteiger partial charge in [0.05, 0.1) is 0 Å². The van der Waals surface area contributed by atoms with Crippen LogP contribution in [-0.2, 0) is 43.1 Å². The van der Waals surface area contributed by atoms with E-state index in [1.165, 1.54) is 0 Å². The van der Waals surface area contributed by atoms with Gasteiger partial charge in [-0.1, -0.05) is 0 Å². The number of hydrogen-bond donors (Lipinski definition) is 0. The molecule has 0 N–H and O–H groups in total. The molecule has 5 heavy (non-hydrogen) atoms. The summed E-state index contributed by atoms with van der Waals surface area (Å²) in [5.74, 6) is 0. The zero-order valence-corrected chi connectivity index (χ0v) is 9.30. The third-order valence-corrected chi connectivity index (χ3v) is 0. The van der Waals surface area contributed by atoms with Gasteiger partial charge in [-0.05, 0) is 0 Å². The predicted octanol–water partition coefficient (Wildman–Crippen LogP) is -1.43. The van der Waals surface area contributed by atoms with Gasteiger partial charge in [-0.15, -0.1) is 0 Å². The first-order chi connectivity index (χ1) is 1.41. The van der Waals surface area contributed by atoms with E-state index in [0.717, 1.165) is 0 Å². The van der Waals surface area contributed by atoms with Crippen LogP contribution in [0.3, 0.4) is 0 Å².